The number of hydrogen-bond donors (Lipinski definition) is 2. The molecule has 25 heavy (non-hydrogen) atoms. The summed E-state index contributed by atoms with van der Waals surface area (Å²) < 4.78 is 0. The fourth-order valence-electron chi connectivity index (χ4n) is 2.31. The number of carbonyl (C=O) groups is 1. The van der Waals surface area contributed by atoms with E-state index in [0.29, 0.717) is 6.54 Å². The van der Waals surface area contributed by atoms with E-state index in [2.05, 4.69) is 39.7 Å². The quantitative estimate of drug-likeness (QED) is 0.680. The van der Waals surface area contributed by atoms with Gasteiger partial charge in [-0.25, -0.2) is 4.98 Å². The summed E-state index contributed by atoms with van der Waals surface area (Å²) in [5, 5.41) is 8.83. The van der Waals surface area contributed by atoms with E-state index in [-0.39, 0.29) is 12.3 Å². The largest absolute Gasteiger partial charge is 0.350 e. The first-order valence-corrected chi connectivity index (χ1v) is 9.08. The highest BCUT2D eigenvalue weighted by Gasteiger charge is 2.08. The lowest BCUT2D eigenvalue weighted by molar-refractivity contribution is -0.120. The first-order chi connectivity index (χ1) is 12.2. The SMILES string of the molecule is CCc1ccc(Nc2nc(CC(=O)NCc3ccccn3)cs2)cc1. The molecule has 6 heteroatoms. The molecule has 0 saturated carbocycles. The zero-order chi connectivity index (χ0) is 17.5. The molecule has 0 atom stereocenters. The maximum atomic E-state index is 12.0. The molecule has 1 amide bonds. The first kappa shape index (κ1) is 17.1. The van der Waals surface area contributed by atoms with Crippen molar-refractivity contribution in [2.45, 2.75) is 26.3 Å². The zero-order valence-electron chi connectivity index (χ0n) is 14.0. The fraction of sp³-hybridized carbons (Fsp3) is 0.211. The zero-order valence-corrected chi connectivity index (χ0v) is 14.8. The number of aryl methyl sites for hydroxylation is 1. The normalized spacial score (nSPS) is 10.4. The summed E-state index contributed by atoms with van der Waals surface area (Å²) in [5.74, 6) is -0.0604. The number of nitrogens with zero attached hydrogens (tertiary/aromatic N) is 2. The highest BCUT2D eigenvalue weighted by atomic mass is 32.1. The van der Waals surface area contributed by atoms with Crippen molar-refractivity contribution in [3.8, 4) is 0 Å². The molecular formula is C19H20N4OS. The smallest absolute Gasteiger partial charge is 0.226 e. The summed E-state index contributed by atoms with van der Waals surface area (Å²) in [6.45, 7) is 2.56. The molecule has 0 aliphatic carbocycles. The third-order valence-corrected chi connectivity index (χ3v) is 4.51. The number of benzene rings is 1. The van der Waals surface area contributed by atoms with Crippen molar-refractivity contribution in [2.75, 3.05) is 5.32 Å². The number of thiazole rings is 1. The molecule has 0 fully saturated rings. The maximum Gasteiger partial charge on any atom is 0.226 e. The second-order valence-corrected chi connectivity index (χ2v) is 6.45. The topological polar surface area (TPSA) is 66.9 Å². The molecule has 3 rings (SSSR count). The number of nitrogens with one attached hydrogen (secondary N) is 2. The predicted molar refractivity (Wildman–Crippen MR) is 101 cm³/mol. The van der Waals surface area contributed by atoms with Crippen molar-refractivity contribution >= 4 is 28.1 Å². The number of carbonyl (C=O) groups excluding carboxylic acids is 1. The van der Waals surface area contributed by atoms with Crippen molar-refractivity contribution in [3.63, 3.8) is 0 Å². The average molecular weight is 352 g/mol. The molecule has 3 aromatic rings. The molecule has 1 aromatic carbocycles. The van der Waals surface area contributed by atoms with Crippen LogP contribution >= 0.6 is 11.3 Å². The molecule has 0 spiro atoms. The van der Waals surface area contributed by atoms with Crippen LogP contribution in [0.4, 0.5) is 10.8 Å². The molecule has 2 N–H and O–H groups in total. The van der Waals surface area contributed by atoms with Crippen LogP contribution in [0, 0.1) is 0 Å². The van der Waals surface area contributed by atoms with E-state index in [1.807, 2.05) is 35.7 Å². The molecule has 5 nitrogen and oxygen atoms in total. The van der Waals surface area contributed by atoms with Crippen molar-refractivity contribution < 1.29 is 4.79 Å². The Balaban J connectivity index is 1.51. The van der Waals surface area contributed by atoms with Gasteiger partial charge in [-0.3, -0.25) is 9.78 Å². The van der Waals surface area contributed by atoms with Crippen molar-refractivity contribution in [2.24, 2.45) is 0 Å². The van der Waals surface area contributed by atoms with Gasteiger partial charge in [-0.2, -0.15) is 0 Å². The lowest BCUT2D eigenvalue weighted by atomic mass is 10.1. The van der Waals surface area contributed by atoms with Crippen LogP contribution in [0.25, 0.3) is 0 Å². The Labute approximate surface area is 151 Å². The van der Waals surface area contributed by atoms with E-state index in [1.165, 1.54) is 16.9 Å². The number of anilines is 2. The number of amides is 1. The van der Waals surface area contributed by atoms with Crippen LogP contribution < -0.4 is 10.6 Å². The number of hydrogen-bond acceptors (Lipinski definition) is 5. The molecule has 0 saturated heterocycles. The van der Waals surface area contributed by atoms with Crippen LogP contribution in [0.2, 0.25) is 0 Å². The van der Waals surface area contributed by atoms with Gasteiger partial charge in [0, 0.05) is 17.3 Å². The van der Waals surface area contributed by atoms with E-state index < -0.39 is 0 Å². The van der Waals surface area contributed by atoms with E-state index in [9.17, 15) is 4.79 Å². The number of aromatic nitrogens is 2. The highest BCUT2D eigenvalue weighted by molar-refractivity contribution is 7.13. The van der Waals surface area contributed by atoms with Gasteiger partial charge < -0.3 is 10.6 Å². The van der Waals surface area contributed by atoms with Gasteiger partial charge in [-0.15, -0.1) is 11.3 Å². The monoisotopic (exact) mass is 352 g/mol. The third-order valence-electron chi connectivity index (χ3n) is 3.70. The lowest BCUT2D eigenvalue weighted by Gasteiger charge is -2.04. The summed E-state index contributed by atoms with van der Waals surface area (Å²) in [7, 11) is 0. The van der Waals surface area contributed by atoms with Gasteiger partial charge in [0.25, 0.3) is 0 Å². The van der Waals surface area contributed by atoms with Crippen LogP contribution in [0.1, 0.15) is 23.9 Å². The van der Waals surface area contributed by atoms with Crippen LogP contribution in [0.15, 0.2) is 54.0 Å². The summed E-state index contributed by atoms with van der Waals surface area (Å²) in [4.78, 5) is 20.7. The Hall–Kier alpha value is -2.73. The summed E-state index contributed by atoms with van der Waals surface area (Å²) in [6.07, 6.45) is 3.00. The Bertz CT molecular complexity index is 815. The van der Waals surface area contributed by atoms with Crippen molar-refractivity contribution in [1.29, 1.82) is 0 Å². The van der Waals surface area contributed by atoms with E-state index in [1.54, 1.807) is 6.20 Å². The second kappa shape index (κ2) is 8.39. The minimum Gasteiger partial charge on any atom is -0.350 e. The maximum absolute atomic E-state index is 12.0. The van der Waals surface area contributed by atoms with Crippen LogP contribution in [-0.2, 0) is 24.2 Å². The molecule has 0 bridgehead atoms. The van der Waals surface area contributed by atoms with Gasteiger partial charge in [-0.05, 0) is 36.2 Å². The molecule has 128 valence electrons. The highest BCUT2D eigenvalue weighted by Crippen LogP contribution is 2.21. The standard InChI is InChI=1S/C19H20N4OS/c1-2-14-6-8-15(9-7-14)22-19-23-17(13-25-19)11-18(24)21-12-16-5-3-4-10-20-16/h3-10,13H,2,11-12H2,1H3,(H,21,24)(H,22,23). The Morgan fingerprint density at radius 2 is 1.96 bits per heavy atom. The van der Waals surface area contributed by atoms with Crippen molar-refractivity contribution in [3.05, 3.63) is 71.0 Å². The minimum atomic E-state index is -0.0604. The number of pyridine rings is 1. The number of rotatable bonds is 7. The van der Waals surface area contributed by atoms with Gasteiger partial charge in [0.2, 0.25) is 5.91 Å². The van der Waals surface area contributed by atoms with Gasteiger partial charge in [-0.1, -0.05) is 25.1 Å². The summed E-state index contributed by atoms with van der Waals surface area (Å²) in [5.41, 5.74) is 3.90. The lowest BCUT2D eigenvalue weighted by Crippen LogP contribution is -2.25. The van der Waals surface area contributed by atoms with Gasteiger partial charge in [0.15, 0.2) is 5.13 Å². The minimum absolute atomic E-state index is 0.0604. The fourth-order valence-corrected chi connectivity index (χ4v) is 3.04. The Kier molecular flexibility index (Phi) is 5.74. The van der Waals surface area contributed by atoms with E-state index in [4.69, 9.17) is 0 Å². The molecule has 0 aliphatic heterocycles. The van der Waals surface area contributed by atoms with E-state index >= 15 is 0 Å². The first-order valence-electron chi connectivity index (χ1n) is 8.20. The Morgan fingerprint density at radius 1 is 1.12 bits per heavy atom. The summed E-state index contributed by atoms with van der Waals surface area (Å²) in [6, 6.07) is 13.9. The molecule has 0 radical (unpaired) electrons. The Morgan fingerprint density at radius 3 is 2.68 bits per heavy atom. The molecule has 2 heterocycles. The van der Waals surface area contributed by atoms with Crippen molar-refractivity contribution in [1.82, 2.24) is 15.3 Å². The second-order valence-electron chi connectivity index (χ2n) is 5.59. The molecule has 2 aromatic heterocycles. The van der Waals surface area contributed by atoms with Gasteiger partial charge in [0.1, 0.15) is 0 Å². The predicted octanol–water partition coefficient (Wildman–Crippen LogP) is 3.70. The van der Waals surface area contributed by atoms with Gasteiger partial charge >= 0.3 is 0 Å². The van der Waals surface area contributed by atoms with Gasteiger partial charge in [0.05, 0.1) is 24.4 Å². The van der Waals surface area contributed by atoms with E-state index in [0.717, 1.165) is 28.6 Å². The van der Waals surface area contributed by atoms with Crippen LogP contribution in [-0.4, -0.2) is 15.9 Å². The third kappa shape index (κ3) is 5.12. The molecular weight excluding hydrogens is 332 g/mol. The molecule has 0 aliphatic rings. The van der Waals surface area contributed by atoms with Crippen LogP contribution in [0.3, 0.4) is 0 Å². The summed E-state index contributed by atoms with van der Waals surface area (Å²) >= 11 is 1.50. The van der Waals surface area contributed by atoms with Crippen LogP contribution in [0.5, 0.6) is 0 Å². The molecule has 0 unspecified atom stereocenters. The average Bonchev–Trinajstić information content (AvgIpc) is 3.08.